The highest BCUT2D eigenvalue weighted by atomic mass is 32.2. The van der Waals surface area contributed by atoms with Gasteiger partial charge in [-0.15, -0.1) is 0 Å². The minimum absolute atomic E-state index is 0.115. The standard InChI is InChI=1S/C29H31N3O3S/c1-2-3-4-11-20-35-25-18-16-24(17-19-25)32-27(33)21-26(28(32)34)36-29(30-22-12-7-5-8-13-22)31-23-14-9-6-10-15-23/h5-10,12-19,26H,2-4,11,20-21H2,1H3,(H,30,31)/t26-/m1/s1. The van der Waals surface area contributed by atoms with Crippen LogP contribution in [0.2, 0.25) is 0 Å². The molecule has 7 heteroatoms. The van der Waals surface area contributed by atoms with Gasteiger partial charge in [-0.2, -0.15) is 0 Å². The van der Waals surface area contributed by atoms with Crippen molar-refractivity contribution in [2.24, 2.45) is 4.99 Å². The number of anilines is 2. The van der Waals surface area contributed by atoms with Crippen molar-refractivity contribution in [2.75, 3.05) is 16.8 Å². The van der Waals surface area contributed by atoms with E-state index in [-0.39, 0.29) is 18.2 Å². The van der Waals surface area contributed by atoms with Crippen LogP contribution in [0.3, 0.4) is 0 Å². The molecular weight excluding hydrogens is 470 g/mol. The third kappa shape index (κ3) is 6.98. The molecule has 1 aliphatic rings. The van der Waals surface area contributed by atoms with Gasteiger partial charge in [0, 0.05) is 12.1 Å². The van der Waals surface area contributed by atoms with Gasteiger partial charge in [0.15, 0.2) is 5.17 Å². The minimum atomic E-state index is -0.564. The Morgan fingerprint density at radius 2 is 1.64 bits per heavy atom. The fourth-order valence-corrected chi connectivity index (χ4v) is 4.90. The fraction of sp³-hybridized carbons (Fsp3) is 0.276. The molecule has 1 heterocycles. The molecule has 36 heavy (non-hydrogen) atoms. The first-order valence-corrected chi connectivity index (χ1v) is 13.2. The summed E-state index contributed by atoms with van der Waals surface area (Å²) in [5.41, 5.74) is 2.19. The number of nitrogens with one attached hydrogen (secondary N) is 1. The van der Waals surface area contributed by atoms with E-state index in [1.54, 1.807) is 12.1 Å². The Morgan fingerprint density at radius 3 is 2.33 bits per heavy atom. The highest BCUT2D eigenvalue weighted by molar-refractivity contribution is 8.15. The summed E-state index contributed by atoms with van der Waals surface area (Å²) in [6, 6.07) is 26.4. The van der Waals surface area contributed by atoms with Gasteiger partial charge >= 0.3 is 0 Å². The van der Waals surface area contributed by atoms with E-state index in [0.717, 1.165) is 30.0 Å². The minimum Gasteiger partial charge on any atom is -0.494 e. The van der Waals surface area contributed by atoms with Crippen molar-refractivity contribution >= 4 is 45.8 Å². The Labute approximate surface area is 216 Å². The second-order valence-electron chi connectivity index (χ2n) is 8.52. The van der Waals surface area contributed by atoms with Gasteiger partial charge in [0.1, 0.15) is 11.0 Å². The van der Waals surface area contributed by atoms with Gasteiger partial charge in [-0.1, -0.05) is 74.3 Å². The maximum atomic E-state index is 13.3. The van der Waals surface area contributed by atoms with E-state index >= 15 is 0 Å². The van der Waals surface area contributed by atoms with Gasteiger partial charge in [0.05, 0.1) is 18.0 Å². The monoisotopic (exact) mass is 501 g/mol. The third-order valence-electron chi connectivity index (χ3n) is 5.73. The summed E-state index contributed by atoms with van der Waals surface area (Å²) < 4.78 is 5.79. The van der Waals surface area contributed by atoms with Crippen LogP contribution in [-0.2, 0) is 9.59 Å². The number of amides is 2. The molecule has 0 aliphatic carbocycles. The topological polar surface area (TPSA) is 71.0 Å². The molecular formula is C29H31N3O3S. The van der Waals surface area contributed by atoms with Crippen molar-refractivity contribution < 1.29 is 14.3 Å². The number of para-hydroxylation sites is 2. The molecule has 0 saturated carbocycles. The van der Waals surface area contributed by atoms with Crippen molar-refractivity contribution in [1.29, 1.82) is 0 Å². The molecule has 0 radical (unpaired) electrons. The van der Waals surface area contributed by atoms with Crippen molar-refractivity contribution in [1.82, 2.24) is 0 Å². The van der Waals surface area contributed by atoms with Crippen LogP contribution >= 0.6 is 11.8 Å². The Balaban J connectivity index is 1.44. The largest absolute Gasteiger partial charge is 0.494 e. The number of thioether (sulfide) groups is 1. The van der Waals surface area contributed by atoms with E-state index in [1.807, 2.05) is 72.8 Å². The Hall–Kier alpha value is -3.58. The average Bonchev–Trinajstić information content (AvgIpc) is 3.18. The zero-order valence-corrected chi connectivity index (χ0v) is 21.2. The Morgan fingerprint density at radius 1 is 0.944 bits per heavy atom. The van der Waals surface area contributed by atoms with Crippen LogP contribution in [0, 0.1) is 0 Å². The molecule has 2 amide bonds. The predicted molar refractivity (Wildman–Crippen MR) is 148 cm³/mol. The fourth-order valence-electron chi connectivity index (χ4n) is 3.86. The summed E-state index contributed by atoms with van der Waals surface area (Å²) in [5.74, 6) is 0.281. The normalized spacial score (nSPS) is 15.9. The lowest BCUT2D eigenvalue weighted by Crippen LogP contribution is -2.31. The molecule has 0 bridgehead atoms. The number of rotatable bonds is 10. The zero-order chi connectivity index (χ0) is 25.2. The molecule has 3 aromatic rings. The lowest BCUT2D eigenvalue weighted by molar-refractivity contribution is -0.121. The predicted octanol–water partition coefficient (Wildman–Crippen LogP) is 6.81. The third-order valence-corrected chi connectivity index (χ3v) is 6.80. The molecule has 186 valence electrons. The van der Waals surface area contributed by atoms with Crippen LogP contribution in [0.5, 0.6) is 5.75 Å². The van der Waals surface area contributed by atoms with Crippen LogP contribution in [0.15, 0.2) is 89.9 Å². The molecule has 1 fully saturated rings. The maximum absolute atomic E-state index is 13.3. The molecule has 4 rings (SSSR count). The first-order chi connectivity index (χ1) is 17.6. The molecule has 6 nitrogen and oxygen atoms in total. The van der Waals surface area contributed by atoms with E-state index in [1.165, 1.54) is 29.5 Å². The smallest absolute Gasteiger partial charge is 0.247 e. The molecule has 0 unspecified atom stereocenters. The Bertz CT molecular complexity index is 1170. The number of benzene rings is 3. The van der Waals surface area contributed by atoms with Crippen molar-refractivity contribution in [3.63, 3.8) is 0 Å². The van der Waals surface area contributed by atoms with Crippen LogP contribution in [0.4, 0.5) is 17.1 Å². The van der Waals surface area contributed by atoms with E-state index in [4.69, 9.17) is 9.73 Å². The summed E-state index contributed by atoms with van der Waals surface area (Å²) >= 11 is 1.28. The molecule has 0 aromatic heterocycles. The number of amidine groups is 1. The van der Waals surface area contributed by atoms with Crippen molar-refractivity contribution in [3.8, 4) is 5.75 Å². The second-order valence-corrected chi connectivity index (χ2v) is 9.72. The number of carbonyl (C=O) groups excluding carboxylic acids is 2. The first kappa shape index (κ1) is 25.5. The number of nitrogens with zero attached hydrogens (tertiary/aromatic N) is 2. The van der Waals surface area contributed by atoms with Gasteiger partial charge in [0.25, 0.3) is 0 Å². The number of imide groups is 1. The number of unbranched alkanes of at least 4 members (excludes halogenated alkanes) is 3. The molecule has 0 spiro atoms. The molecule has 1 aliphatic heterocycles. The summed E-state index contributed by atoms with van der Waals surface area (Å²) in [4.78, 5) is 32.1. The van der Waals surface area contributed by atoms with E-state index < -0.39 is 5.25 Å². The highest BCUT2D eigenvalue weighted by Crippen LogP contribution is 2.32. The van der Waals surface area contributed by atoms with Crippen LogP contribution in [0.25, 0.3) is 0 Å². The van der Waals surface area contributed by atoms with Crippen molar-refractivity contribution in [2.45, 2.75) is 44.3 Å². The summed E-state index contributed by atoms with van der Waals surface area (Å²) in [6.07, 6.45) is 4.68. The second kappa shape index (κ2) is 12.9. The van der Waals surface area contributed by atoms with Gasteiger partial charge < -0.3 is 10.1 Å². The molecule has 1 N–H and O–H groups in total. The number of aliphatic imine (C=N–C) groups is 1. The van der Waals surface area contributed by atoms with E-state index in [0.29, 0.717) is 17.5 Å². The quantitative estimate of drug-likeness (QED) is 0.143. The van der Waals surface area contributed by atoms with Gasteiger partial charge in [0.2, 0.25) is 11.8 Å². The van der Waals surface area contributed by atoms with Crippen molar-refractivity contribution in [3.05, 3.63) is 84.9 Å². The Kier molecular flexibility index (Phi) is 9.16. The molecule has 1 atom stereocenters. The maximum Gasteiger partial charge on any atom is 0.247 e. The van der Waals surface area contributed by atoms with E-state index in [2.05, 4.69) is 12.2 Å². The zero-order valence-electron chi connectivity index (χ0n) is 20.4. The SMILES string of the molecule is CCCCCCOc1ccc(N2C(=O)C[C@@H](SC(=Nc3ccccc3)Nc3ccccc3)C2=O)cc1. The molecule has 3 aromatic carbocycles. The summed E-state index contributed by atoms with van der Waals surface area (Å²) in [5, 5.41) is 3.30. The summed E-state index contributed by atoms with van der Waals surface area (Å²) in [7, 11) is 0. The number of ether oxygens (including phenoxy) is 1. The van der Waals surface area contributed by atoms with Crippen LogP contribution in [0.1, 0.15) is 39.0 Å². The summed E-state index contributed by atoms with van der Waals surface area (Å²) in [6.45, 7) is 2.85. The van der Waals surface area contributed by atoms with Crippen LogP contribution in [-0.4, -0.2) is 28.8 Å². The van der Waals surface area contributed by atoms with Gasteiger partial charge in [-0.3, -0.25) is 9.59 Å². The lowest BCUT2D eigenvalue weighted by atomic mass is 10.2. The number of carbonyl (C=O) groups is 2. The number of hydrogen-bond donors (Lipinski definition) is 1. The molecule has 1 saturated heterocycles. The van der Waals surface area contributed by atoms with Gasteiger partial charge in [-0.05, 0) is 55.0 Å². The average molecular weight is 502 g/mol. The highest BCUT2D eigenvalue weighted by Gasteiger charge is 2.40. The first-order valence-electron chi connectivity index (χ1n) is 12.4. The van der Waals surface area contributed by atoms with E-state index in [9.17, 15) is 9.59 Å². The lowest BCUT2D eigenvalue weighted by Gasteiger charge is -2.16. The van der Waals surface area contributed by atoms with Gasteiger partial charge in [-0.25, -0.2) is 9.89 Å². The number of hydrogen-bond acceptors (Lipinski definition) is 5. The van der Waals surface area contributed by atoms with Crippen LogP contribution < -0.4 is 15.0 Å².